The van der Waals surface area contributed by atoms with E-state index >= 15 is 0 Å². The summed E-state index contributed by atoms with van der Waals surface area (Å²) in [5.41, 5.74) is 0. The second kappa shape index (κ2) is 6.10. The molecule has 2 N–H and O–H groups in total. The minimum atomic E-state index is -3.60. The van der Waals surface area contributed by atoms with Gasteiger partial charge in [0.25, 0.3) is 0 Å². The lowest BCUT2D eigenvalue weighted by Crippen LogP contribution is -2.50. The van der Waals surface area contributed by atoms with E-state index in [4.69, 9.17) is 11.6 Å². The smallest absolute Gasteiger partial charge is 0.242 e. The van der Waals surface area contributed by atoms with E-state index in [0.29, 0.717) is 16.9 Å². The van der Waals surface area contributed by atoms with Crippen LogP contribution in [0.5, 0.6) is 0 Å². The quantitative estimate of drug-likeness (QED) is 0.862. The van der Waals surface area contributed by atoms with Crippen molar-refractivity contribution < 1.29 is 8.42 Å². The van der Waals surface area contributed by atoms with E-state index in [2.05, 4.69) is 32.9 Å². The fourth-order valence-electron chi connectivity index (χ4n) is 2.09. The highest BCUT2D eigenvalue weighted by Gasteiger charge is 2.27. The molecule has 106 valence electrons. The highest BCUT2D eigenvalue weighted by molar-refractivity contribution is 9.10. The number of rotatable bonds is 3. The van der Waals surface area contributed by atoms with Gasteiger partial charge in [-0.25, -0.2) is 13.1 Å². The lowest BCUT2D eigenvalue weighted by molar-refractivity contribution is 0.327. The Morgan fingerprint density at radius 1 is 1.47 bits per heavy atom. The summed E-state index contributed by atoms with van der Waals surface area (Å²) in [5.74, 6) is 0.307. The van der Waals surface area contributed by atoms with E-state index in [1.807, 2.05) is 0 Å². The Bertz CT molecular complexity index is 565. The van der Waals surface area contributed by atoms with Crippen LogP contribution in [-0.4, -0.2) is 27.5 Å². The molecule has 4 nitrogen and oxygen atoms in total. The molecule has 1 aromatic carbocycles. The zero-order valence-corrected chi connectivity index (χ0v) is 13.6. The summed E-state index contributed by atoms with van der Waals surface area (Å²) in [6, 6.07) is 4.70. The summed E-state index contributed by atoms with van der Waals surface area (Å²) in [4.78, 5) is 0.112. The molecule has 7 heteroatoms. The second-order valence-corrected chi connectivity index (χ2v) is 7.78. The van der Waals surface area contributed by atoms with E-state index in [1.54, 1.807) is 12.1 Å². The summed E-state index contributed by atoms with van der Waals surface area (Å²) in [6.45, 7) is 3.62. The third kappa shape index (κ3) is 3.70. The van der Waals surface area contributed by atoms with Crippen molar-refractivity contribution in [3.8, 4) is 0 Å². The summed E-state index contributed by atoms with van der Waals surface area (Å²) in [7, 11) is -3.60. The molecule has 0 spiro atoms. The molecule has 0 amide bonds. The first-order valence-corrected chi connectivity index (χ1v) is 8.73. The van der Waals surface area contributed by atoms with Gasteiger partial charge < -0.3 is 5.32 Å². The predicted octanol–water partition coefficient (Wildman–Crippen LogP) is 2.38. The van der Waals surface area contributed by atoms with Gasteiger partial charge in [0.1, 0.15) is 4.90 Å². The lowest BCUT2D eigenvalue weighted by atomic mass is 9.96. The first kappa shape index (κ1) is 15.3. The van der Waals surface area contributed by atoms with Crippen LogP contribution in [0.1, 0.15) is 13.3 Å². The molecule has 1 heterocycles. The number of sulfonamides is 1. The van der Waals surface area contributed by atoms with Crippen LogP contribution in [0.25, 0.3) is 0 Å². The van der Waals surface area contributed by atoms with Gasteiger partial charge >= 0.3 is 0 Å². The Labute approximate surface area is 127 Å². The van der Waals surface area contributed by atoms with Crippen LogP contribution in [0.3, 0.4) is 0 Å². The van der Waals surface area contributed by atoms with E-state index in [9.17, 15) is 8.42 Å². The molecule has 1 aliphatic heterocycles. The largest absolute Gasteiger partial charge is 0.315 e. The third-order valence-electron chi connectivity index (χ3n) is 3.32. The number of piperidine rings is 1. The van der Waals surface area contributed by atoms with Crippen LogP contribution in [0, 0.1) is 5.92 Å². The Morgan fingerprint density at radius 2 is 2.21 bits per heavy atom. The van der Waals surface area contributed by atoms with Gasteiger partial charge in [-0.15, -0.1) is 0 Å². The average molecular weight is 368 g/mol. The van der Waals surface area contributed by atoms with Crippen molar-refractivity contribution >= 4 is 37.6 Å². The van der Waals surface area contributed by atoms with Gasteiger partial charge in [-0.2, -0.15) is 0 Å². The van der Waals surface area contributed by atoms with Gasteiger partial charge in [0.15, 0.2) is 0 Å². The van der Waals surface area contributed by atoms with Crippen molar-refractivity contribution in [3.05, 3.63) is 27.7 Å². The van der Waals surface area contributed by atoms with E-state index in [-0.39, 0.29) is 16.0 Å². The molecule has 1 saturated heterocycles. The minimum Gasteiger partial charge on any atom is -0.315 e. The lowest BCUT2D eigenvalue weighted by Gasteiger charge is -2.30. The standard InChI is InChI=1S/C12H16BrClN2O2S/c1-8-4-5-15-7-11(8)16-19(17,18)12-6-9(13)2-3-10(12)14/h2-3,6,8,11,15-16H,4-5,7H2,1H3. The minimum absolute atomic E-state index is 0.103. The Hall–Kier alpha value is -0.140. The van der Waals surface area contributed by atoms with Crippen LogP contribution < -0.4 is 10.0 Å². The molecule has 2 rings (SSSR count). The van der Waals surface area contributed by atoms with Crippen LogP contribution in [-0.2, 0) is 10.0 Å². The molecule has 2 unspecified atom stereocenters. The van der Waals surface area contributed by atoms with E-state index in [0.717, 1.165) is 13.0 Å². The van der Waals surface area contributed by atoms with Gasteiger partial charge in [-0.05, 0) is 37.1 Å². The number of nitrogens with one attached hydrogen (secondary N) is 2. The molecule has 0 saturated carbocycles. The van der Waals surface area contributed by atoms with Crippen LogP contribution >= 0.6 is 27.5 Å². The summed E-state index contributed by atoms with van der Waals surface area (Å²) < 4.78 is 28.2. The van der Waals surface area contributed by atoms with Crippen LogP contribution in [0.2, 0.25) is 5.02 Å². The van der Waals surface area contributed by atoms with Gasteiger partial charge in [-0.3, -0.25) is 0 Å². The van der Waals surface area contributed by atoms with Crippen molar-refractivity contribution in [2.75, 3.05) is 13.1 Å². The summed E-state index contributed by atoms with van der Waals surface area (Å²) in [5, 5.41) is 3.42. The molecular weight excluding hydrogens is 352 g/mol. The maximum Gasteiger partial charge on any atom is 0.242 e. The maximum absolute atomic E-state index is 12.4. The van der Waals surface area contributed by atoms with Crippen LogP contribution in [0.4, 0.5) is 0 Å². The Balaban J connectivity index is 2.24. The SMILES string of the molecule is CC1CCNCC1NS(=O)(=O)c1cc(Br)ccc1Cl. The molecular formula is C12H16BrClN2O2S. The number of benzene rings is 1. The van der Waals surface area contributed by atoms with Gasteiger partial charge in [0.2, 0.25) is 10.0 Å². The molecule has 0 radical (unpaired) electrons. The zero-order valence-electron chi connectivity index (χ0n) is 10.5. The molecule has 1 aliphatic rings. The molecule has 0 aliphatic carbocycles. The van der Waals surface area contributed by atoms with Crippen LogP contribution in [0.15, 0.2) is 27.6 Å². The van der Waals surface area contributed by atoms with Crippen molar-refractivity contribution in [3.63, 3.8) is 0 Å². The molecule has 1 aromatic rings. The predicted molar refractivity (Wildman–Crippen MR) is 79.9 cm³/mol. The zero-order chi connectivity index (χ0) is 14.0. The highest BCUT2D eigenvalue weighted by atomic mass is 79.9. The molecule has 0 bridgehead atoms. The van der Waals surface area contributed by atoms with E-state index < -0.39 is 10.0 Å². The monoisotopic (exact) mass is 366 g/mol. The molecule has 1 fully saturated rings. The molecule has 19 heavy (non-hydrogen) atoms. The topological polar surface area (TPSA) is 58.2 Å². The average Bonchev–Trinajstić information content (AvgIpc) is 2.35. The molecule has 0 aromatic heterocycles. The second-order valence-electron chi connectivity index (χ2n) is 4.77. The van der Waals surface area contributed by atoms with Gasteiger partial charge in [0, 0.05) is 17.1 Å². The third-order valence-corrected chi connectivity index (χ3v) is 5.78. The number of hydrogen-bond acceptors (Lipinski definition) is 3. The first-order chi connectivity index (χ1) is 8.90. The number of halogens is 2. The van der Waals surface area contributed by atoms with Crippen molar-refractivity contribution in [2.45, 2.75) is 24.3 Å². The van der Waals surface area contributed by atoms with E-state index in [1.165, 1.54) is 6.07 Å². The Morgan fingerprint density at radius 3 is 2.89 bits per heavy atom. The maximum atomic E-state index is 12.4. The molecule has 2 atom stereocenters. The van der Waals surface area contributed by atoms with Gasteiger partial charge in [0.05, 0.1) is 5.02 Å². The van der Waals surface area contributed by atoms with Crippen molar-refractivity contribution in [1.82, 2.24) is 10.0 Å². The number of hydrogen-bond donors (Lipinski definition) is 2. The summed E-state index contributed by atoms with van der Waals surface area (Å²) in [6.07, 6.45) is 0.958. The van der Waals surface area contributed by atoms with Gasteiger partial charge in [-0.1, -0.05) is 34.5 Å². The Kier molecular flexibility index (Phi) is 4.89. The normalized spacial score (nSPS) is 24.4. The fraction of sp³-hybridized carbons (Fsp3) is 0.500. The highest BCUT2D eigenvalue weighted by Crippen LogP contribution is 2.26. The van der Waals surface area contributed by atoms with Crippen molar-refractivity contribution in [2.24, 2.45) is 5.92 Å². The summed E-state index contributed by atoms with van der Waals surface area (Å²) >= 11 is 9.24. The fourth-order valence-corrected chi connectivity index (χ4v) is 4.48. The van der Waals surface area contributed by atoms with Crippen molar-refractivity contribution in [1.29, 1.82) is 0 Å². The first-order valence-electron chi connectivity index (χ1n) is 6.08.